The lowest BCUT2D eigenvalue weighted by Crippen LogP contribution is -2.49. The number of hydrogen-bond acceptors (Lipinski definition) is 6. The summed E-state index contributed by atoms with van der Waals surface area (Å²) in [6.45, 7) is 5.42. The van der Waals surface area contributed by atoms with Crippen molar-refractivity contribution in [2.75, 3.05) is 51.2 Å². The van der Waals surface area contributed by atoms with Gasteiger partial charge in [0.05, 0.1) is 6.33 Å². The van der Waals surface area contributed by atoms with Gasteiger partial charge in [-0.05, 0) is 38.8 Å². The zero-order valence-electron chi connectivity index (χ0n) is 15.4. The second kappa shape index (κ2) is 7.57. The molecule has 1 amide bonds. The molecular weight excluding hydrogens is 330 g/mol. The van der Waals surface area contributed by atoms with Gasteiger partial charge in [0.1, 0.15) is 11.8 Å². The Bertz CT molecular complexity index is 753. The number of piperazine rings is 1. The Morgan fingerprint density at radius 2 is 2.04 bits per heavy atom. The van der Waals surface area contributed by atoms with Crippen molar-refractivity contribution in [2.45, 2.75) is 25.7 Å². The molecule has 2 fully saturated rings. The maximum absolute atomic E-state index is 12.6. The van der Waals surface area contributed by atoms with Crippen LogP contribution in [0.25, 0.3) is 11.2 Å². The van der Waals surface area contributed by atoms with Crippen molar-refractivity contribution >= 4 is 22.9 Å². The van der Waals surface area contributed by atoms with Crippen LogP contribution in [0.4, 0.5) is 5.82 Å². The molecule has 0 aliphatic carbocycles. The van der Waals surface area contributed by atoms with E-state index in [1.165, 1.54) is 19.4 Å². The van der Waals surface area contributed by atoms with Crippen LogP contribution < -0.4 is 4.90 Å². The van der Waals surface area contributed by atoms with Gasteiger partial charge >= 0.3 is 0 Å². The van der Waals surface area contributed by atoms with Crippen LogP contribution in [0.2, 0.25) is 0 Å². The van der Waals surface area contributed by atoms with Gasteiger partial charge < -0.3 is 19.7 Å². The van der Waals surface area contributed by atoms with Crippen molar-refractivity contribution in [3.63, 3.8) is 0 Å². The molecular formula is C18H27N7O. The Morgan fingerprint density at radius 3 is 2.85 bits per heavy atom. The van der Waals surface area contributed by atoms with Crippen molar-refractivity contribution in [1.82, 2.24) is 29.7 Å². The monoisotopic (exact) mass is 357 g/mol. The van der Waals surface area contributed by atoms with E-state index in [0.29, 0.717) is 23.9 Å². The molecule has 4 rings (SSSR count). The van der Waals surface area contributed by atoms with Crippen LogP contribution in [0.5, 0.6) is 0 Å². The molecule has 2 saturated heterocycles. The highest BCUT2D eigenvalue weighted by atomic mass is 16.2. The second-order valence-electron chi connectivity index (χ2n) is 7.48. The first-order chi connectivity index (χ1) is 12.7. The number of rotatable bonds is 4. The molecule has 4 heterocycles. The number of nitrogens with zero attached hydrogens (tertiary/aromatic N) is 6. The molecule has 2 aliphatic heterocycles. The minimum Gasteiger partial charge on any atom is -0.351 e. The number of carbonyl (C=O) groups is 1. The third-order valence-corrected chi connectivity index (χ3v) is 5.62. The first kappa shape index (κ1) is 17.2. The molecule has 0 aromatic carbocycles. The van der Waals surface area contributed by atoms with E-state index in [1.54, 1.807) is 12.7 Å². The number of aromatic nitrogens is 4. The number of aromatic amines is 1. The summed E-state index contributed by atoms with van der Waals surface area (Å²) in [6, 6.07) is 0. The van der Waals surface area contributed by atoms with Crippen LogP contribution in [0.1, 0.15) is 25.7 Å². The molecule has 2 aromatic heterocycles. The van der Waals surface area contributed by atoms with Gasteiger partial charge in [0.2, 0.25) is 5.91 Å². The number of nitrogens with one attached hydrogen (secondary N) is 1. The lowest BCUT2D eigenvalue weighted by Gasteiger charge is -2.36. The standard InChI is InChI=1S/C18H27N7O/c1-23-6-2-3-14(11-23)4-5-15(26)24-7-9-25(10-8-24)18-16-17(20-12-19-16)21-13-22-18/h12-14H,2-11H2,1H3,(H,19,20,21,22). The Kier molecular flexibility index (Phi) is 5.01. The third-order valence-electron chi connectivity index (χ3n) is 5.62. The fraction of sp³-hybridized carbons (Fsp3) is 0.667. The van der Waals surface area contributed by atoms with E-state index in [-0.39, 0.29) is 0 Å². The number of hydrogen-bond donors (Lipinski definition) is 1. The Morgan fingerprint density at radius 1 is 1.19 bits per heavy atom. The second-order valence-corrected chi connectivity index (χ2v) is 7.48. The average Bonchev–Trinajstić information content (AvgIpc) is 3.15. The summed E-state index contributed by atoms with van der Waals surface area (Å²) in [5.74, 6) is 1.85. The van der Waals surface area contributed by atoms with Crippen LogP contribution in [0.3, 0.4) is 0 Å². The molecule has 2 aromatic rings. The van der Waals surface area contributed by atoms with Crippen LogP contribution in [0, 0.1) is 5.92 Å². The van der Waals surface area contributed by atoms with E-state index in [4.69, 9.17) is 0 Å². The maximum atomic E-state index is 12.6. The molecule has 2 aliphatic rings. The number of likely N-dealkylation sites (tertiary alicyclic amines) is 1. The number of amides is 1. The minimum absolute atomic E-state index is 0.298. The molecule has 0 bridgehead atoms. The fourth-order valence-corrected chi connectivity index (χ4v) is 4.15. The first-order valence-corrected chi connectivity index (χ1v) is 9.56. The summed E-state index contributed by atoms with van der Waals surface area (Å²) in [5, 5.41) is 0. The Balaban J connectivity index is 1.29. The predicted octanol–water partition coefficient (Wildman–Crippen LogP) is 1.12. The average molecular weight is 357 g/mol. The molecule has 1 atom stereocenters. The lowest BCUT2D eigenvalue weighted by molar-refractivity contribution is -0.131. The van der Waals surface area contributed by atoms with E-state index < -0.39 is 0 Å². The Labute approximate surface area is 153 Å². The quantitative estimate of drug-likeness (QED) is 0.883. The van der Waals surface area contributed by atoms with E-state index in [9.17, 15) is 4.79 Å². The highest BCUT2D eigenvalue weighted by molar-refractivity contribution is 5.83. The molecule has 8 nitrogen and oxygen atoms in total. The highest BCUT2D eigenvalue weighted by Crippen LogP contribution is 2.23. The van der Waals surface area contributed by atoms with Crippen molar-refractivity contribution in [2.24, 2.45) is 5.92 Å². The normalized spacial score (nSPS) is 22.1. The molecule has 0 saturated carbocycles. The van der Waals surface area contributed by atoms with Gasteiger partial charge in [0.15, 0.2) is 11.5 Å². The van der Waals surface area contributed by atoms with Crippen LogP contribution >= 0.6 is 0 Å². The van der Waals surface area contributed by atoms with E-state index in [0.717, 1.165) is 50.5 Å². The van der Waals surface area contributed by atoms with E-state index >= 15 is 0 Å². The van der Waals surface area contributed by atoms with Crippen LogP contribution in [-0.2, 0) is 4.79 Å². The van der Waals surface area contributed by atoms with Gasteiger partial charge in [-0.3, -0.25) is 4.79 Å². The molecule has 1 unspecified atom stereocenters. The van der Waals surface area contributed by atoms with Crippen molar-refractivity contribution < 1.29 is 4.79 Å². The van der Waals surface area contributed by atoms with Crippen molar-refractivity contribution in [3.8, 4) is 0 Å². The summed E-state index contributed by atoms with van der Waals surface area (Å²) < 4.78 is 0. The number of anilines is 1. The summed E-state index contributed by atoms with van der Waals surface area (Å²) in [5.41, 5.74) is 1.56. The maximum Gasteiger partial charge on any atom is 0.222 e. The van der Waals surface area contributed by atoms with Gasteiger partial charge in [-0.2, -0.15) is 0 Å². The smallest absolute Gasteiger partial charge is 0.222 e. The predicted molar refractivity (Wildman–Crippen MR) is 99.9 cm³/mol. The largest absolute Gasteiger partial charge is 0.351 e. The summed E-state index contributed by atoms with van der Waals surface area (Å²) in [4.78, 5) is 35.1. The summed E-state index contributed by atoms with van der Waals surface area (Å²) in [7, 11) is 2.18. The molecule has 0 spiro atoms. The minimum atomic E-state index is 0.298. The zero-order chi connectivity index (χ0) is 17.9. The zero-order valence-corrected chi connectivity index (χ0v) is 15.4. The molecule has 1 N–H and O–H groups in total. The van der Waals surface area contributed by atoms with Crippen LogP contribution in [0.15, 0.2) is 12.7 Å². The SMILES string of the molecule is CN1CCCC(CCC(=O)N2CCN(c3ncnc4nc[nH]c34)CC2)C1. The van der Waals surface area contributed by atoms with Crippen molar-refractivity contribution in [1.29, 1.82) is 0 Å². The number of fused-ring (bicyclic) bond motifs is 1. The first-order valence-electron chi connectivity index (χ1n) is 9.56. The van der Waals surface area contributed by atoms with E-state index in [1.807, 2.05) is 4.90 Å². The lowest BCUT2D eigenvalue weighted by atomic mass is 9.93. The third kappa shape index (κ3) is 3.65. The molecule has 26 heavy (non-hydrogen) atoms. The topological polar surface area (TPSA) is 81.2 Å². The van der Waals surface area contributed by atoms with E-state index in [2.05, 4.69) is 36.8 Å². The highest BCUT2D eigenvalue weighted by Gasteiger charge is 2.25. The molecule has 8 heteroatoms. The number of piperidine rings is 1. The van der Waals surface area contributed by atoms with Crippen LogP contribution in [-0.4, -0.2) is 82.0 Å². The summed E-state index contributed by atoms with van der Waals surface area (Å²) >= 11 is 0. The number of imidazole rings is 1. The van der Waals surface area contributed by atoms with Gasteiger partial charge in [-0.25, -0.2) is 15.0 Å². The van der Waals surface area contributed by atoms with Crippen molar-refractivity contribution in [3.05, 3.63) is 12.7 Å². The molecule has 140 valence electrons. The number of H-pyrrole nitrogens is 1. The van der Waals surface area contributed by atoms with Gasteiger partial charge in [0, 0.05) is 39.1 Å². The Hall–Kier alpha value is -2.22. The number of carbonyl (C=O) groups excluding carboxylic acids is 1. The summed E-state index contributed by atoms with van der Waals surface area (Å²) in [6.07, 6.45) is 7.41. The van der Waals surface area contributed by atoms with Gasteiger partial charge in [-0.15, -0.1) is 0 Å². The van der Waals surface area contributed by atoms with Gasteiger partial charge in [0.25, 0.3) is 0 Å². The fourth-order valence-electron chi connectivity index (χ4n) is 4.15. The van der Waals surface area contributed by atoms with Gasteiger partial charge in [-0.1, -0.05) is 0 Å². The molecule has 0 radical (unpaired) electrons.